The predicted octanol–water partition coefficient (Wildman–Crippen LogP) is 48.0. The average Bonchev–Trinajstić information content (AvgIpc) is 0.822. The van der Waals surface area contributed by atoms with E-state index in [0.717, 1.165) is 0 Å². The van der Waals surface area contributed by atoms with Crippen LogP contribution in [-0.4, -0.2) is 0 Å². The first kappa shape index (κ1) is 149. The Kier molecular flexibility index (Phi) is 84.9. The minimum Gasteiger partial charge on any atom is -0.0683 e. The number of benzene rings is 13. The maximum absolute atomic E-state index is 2.31. The Morgan fingerprint density at radius 3 is 0.625 bits per heavy atom. The smallest absolute Gasteiger partial charge is 0.0126 e. The maximum atomic E-state index is 2.31. The minimum absolute atomic E-state index is 0.179. The van der Waals surface area contributed by atoms with Crippen LogP contribution in [0.1, 0.15) is 435 Å². The fourth-order valence-electron chi connectivity index (χ4n) is 14.2. The molecule has 13 aromatic carbocycles. The van der Waals surface area contributed by atoms with E-state index in [-0.39, 0.29) is 43.3 Å². The van der Waals surface area contributed by atoms with Gasteiger partial charge in [0.25, 0.3) is 0 Å². The quantitative estimate of drug-likeness (QED) is 0.161. The van der Waals surface area contributed by atoms with Crippen molar-refractivity contribution in [1.29, 1.82) is 0 Å². The van der Waals surface area contributed by atoms with Gasteiger partial charge in [0.2, 0.25) is 0 Å². The molecule has 0 aliphatic carbocycles. The van der Waals surface area contributed by atoms with Gasteiger partial charge < -0.3 is 0 Å². The highest BCUT2D eigenvalue weighted by molar-refractivity contribution is 5.73. The molecule has 144 heavy (non-hydrogen) atoms. The summed E-state index contributed by atoms with van der Waals surface area (Å²) in [5.74, 6) is 0. The first-order chi connectivity index (χ1) is 67.9. The summed E-state index contributed by atoms with van der Waals surface area (Å²) >= 11 is 0. The Labute approximate surface area is 898 Å². The molecule has 0 fully saturated rings. The highest BCUT2D eigenvalue weighted by Crippen LogP contribution is 2.38. The molecular formula is C144H226. The second-order valence-electron chi connectivity index (χ2n) is 40.6. The zero-order chi connectivity index (χ0) is 114. The molecule has 0 spiro atoms. The molecule has 0 aromatic heterocycles. The van der Waals surface area contributed by atoms with Crippen LogP contribution >= 0.6 is 0 Å². The molecule has 0 heteroatoms. The van der Waals surface area contributed by atoms with Gasteiger partial charge in [0, 0.05) is 0 Å². The van der Waals surface area contributed by atoms with Gasteiger partial charge >= 0.3 is 0 Å². The third-order valence-corrected chi connectivity index (χ3v) is 21.4. The van der Waals surface area contributed by atoms with Crippen LogP contribution in [-0.2, 0) is 43.3 Å². The van der Waals surface area contributed by atoms with Crippen LogP contribution in [0.25, 0.3) is 55.6 Å². The van der Waals surface area contributed by atoms with Crippen molar-refractivity contribution in [3.63, 3.8) is 0 Å². The highest BCUT2D eigenvalue weighted by Gasteiger charge is 2.23. The van der Waals surface area contributed by atoms with E-state index in [2.05, 4.69) is 537 Å². The van der Waals surface area contributed by atoms with E-state index < -0.39 is 0 Å². The minimum atomic E-state index is 0.179. The molecule has 0 aliphatic rings. The molecule has 0 nitrogen and oxygen atoms in total. The number of rotatable bonds is 5. The monoisotopic (exact) mass is 1960 g/mol. The normalized spacial score (nSPS) is 10.0. The fraction of sp³-hybridized carbons (Fsp3) is 0.458. The SMILES string of the molecule is CC.CC.CC.CC.CC.CC.CC.CC.CC.CC.CC.CC.CC.Cc1ccc(-c2ccccc2C(C)(C)C)cc1.Cc1ccc(C(C)(C)C)cc1.Cc1cccc(-c2cccc(C(C)(C)C)c2)c1.Cc1cccc(-c2ccccc2C(C)(C)C)c1.Cc1cccc(C(C)(C)C)c1.Cc1ccccc1-c1cccc(C(C)(C)C)c1.Cc1ccccc1-c1ccccc1C(C)(C)C.Cc1ccccc1C(C)(C)C. The van der Waals surface area contributed by atoms with Crippen molar-refractivity contribution in [2.75, 3.05) is 0 Å². The van der Waals surface area contributed by atoms with Gasteiger partial charge in [0.1, 0.15) is 0 Å². The molecule has 0 atom stereocenters. The summed E-state index contributed by atoms with van der Waals surface area (Å²) in [6.45, 7) is 123. The van der Waals surface area contributed by atoms with Gasteiger partial charge in [-0.2, -0.15) is 0 Å². The van der Waals surface area contributed by atoms with Crippen molar-refractivity contribution >= 4 is 0 Å². The van der Waals surface area contributed by atoms with Crippen molar-refractivity contribution in [2.24, 2.45) is 0 Å². The molecule has 13 rings (SSSR count). The van der Waals surface area contributed by atoms with E-state index in [9.17, 15) is 0 Å². The Morgan fingerprint density at radius 2 is 0.333 bits per heavy atom. The molecule has 0 bridgehead atoms. The Morgan fingerprint density at radius 1 is 0.118 bits per heavy atom. The highest BCUT2D eigenvalue weighted by atomic mass is 14.3. The molecule has 0 amide bonds. The Bertz CT molecular complexity index is 5220. The molecule has 0 N–H and O–H groups in total. The lowest BCUT2D eigenvalue weighted by molar-refractivity contribution is 0.586. The van der Waals surface area contributed by atoms with E-state index >= 15 is 0 Å². The topological polar surface area (TPSA) is 0 Å². The average molecular weight is 1960 g/mol. The van der Waals surface area contributed by atoms with E-state index in [1.54, 1.807) is 0 Å². The van der Waals surface area contributed by atoms with Gasteiger partial charge in [-0.3, -0.25) is 0 Å². The second-order valence-corrected chi connectivity index (χ2v) is 40.6. The van der Waals surface area contributed by atoms with Gasteiger partial charge in [-0.25, -0.2) is 0 Å². The maximum Gasteiger partial charge on any atom is -0.0126 e. The summed E-state index contributed by atoms with van der Waals surface area (Å²) < 4.78 is 0. The van der Waals surface area contributed by atoms with Crippen LogP contribution in [0.2, 0.25) is 0 Å². The standard InChI is InChI=1S/5C17H20.3C11H16.13C2H6/c1-13-7-5-8-14(11-13)15-9-6-10-16(12-15)17(2,3)4;1-13-8-7-9-14(12-13)15-10-5-6-11-16(15)17(2,3)4;1-13-9-5-6-10-14(13)15-11-7-8-12-16(15)17(2,3)4;1-13-8-5-6-11-16(13)14-9-7-10-15(12-14)17(2,3)4;1-13-9-11-14(12-10-13)15-7-5-6-8-16(15)17(2,3)4;1-9-5-7-10(8-6-9)11(2,3)4;1-9-6-5-7-10(8-9)11(2,3)4;1-9-7-5-6-8-10(9)11(2,3)4;13*1-2/h5*5-12H,1-4H3;3*5-8H,1-4H3;13*1-2H3. The van der Waals surface area contributed by atoms with Crippen LogP contribution in [0, 0.1) is 55.4 Å². The van der Waals surface area contributed by atoms with Gasteiger partial charge in [-0.05, 0) is 216 Å². The summed E-state index contributed by atoms with van der Waals surface area (Å²) in [6.07, 6.45) is 0. The summed E-state index contributed by atoms with van der Waals surface area (Å²) in [7, 11) is 0. The van der Waals surface area contributed by atoms with Gasteiger partial charge in [0.15, 0.2) is 0 Å². The van der Waals surface area contributed by atoms with E-state index in [1.807, 2.05) is 180 Å². The lowest BCUT2D eigenvalue weighted by Gasteiger charge is -2.23. The van der Waals surface area contributed by atoms with Crippen molar-refractivity contribution in [3.8, 4) is 55.6 Å². The second kappa shape index (κ2) is 82.0. The Balaban J connectivity index is -0.000000238. The zero-order valence-electron chi connectivity index (χ0n) is 105. The molecule has 0 radical (unpaired) electrons. The number of aryl methyl sites for hydroxylation is 8. The van der Waals surface area contributed by atoms with Gasteiger partial charge in [0.05, 0.1) is 0 Å². The molecule has 0 heterocycles. The molecule has 0 unspecified atom stereocenters. The predicted molar refractivity (Wildman–Crippen MR) is 674 cm³/mol. The third-order valence-electron chi connectivity index (χ3n) is 21.4. The molecular weight excluding hydrogens is 1730 g/mol. The molecule has 802 valence electrons. The van der Waals surface area contributed by atoms with Crippen LogP contribution in [0.4, 0.5) is 0 Å². The van der Waals surface area contributed by atoms with Crippen LogP contribution in [0.15, 0.2) is 315 Å². The summed E-state index contributed by atoms with van der Waals surface area (Å²) in [5.41, 5.74) is 37.0. The van der Waals surface area contributed by atoms with Crippen LogP contribution in [0.5, 0.6) is 0 Å². The van der Waals surface area contributed by atoms with Gasteiger partial charge in [-0.15, -0.1) is 0 Å². The van der Waals surface area contributed by atoms with E-state index in [4.69, 9.17) is 0 Å². The van der Waals surface area contributed by atoms with Crippen molar-refractivity contribution in [3.05, 3.63) is 404 Å². The number of hydrogen-bond acceptors (Lipinski definition) is 0. The largest absolute Gasteiger partial charge is 0.0683 e. The van der Waals surface area contributed by atoms with E-state index in [0.29, 0.717) is 0 Å². The van der Waals surface area contributed by atoms with Gasteiger partial charge in [-0.1, -0.05) is 689 Å². The summed E-state index contributed by atoms with van der Waals surface area (Å²) in [5, 5.41) is 0. The first-order valence-electron chi connectivity index (χ1n) is 56.0. The molecule has 0 saturated heterocycles. The lowest BCUT2D eigenvalue weighted by atomic mass is 9.81. The van der Waals surface area contributed by atoms with Crippen molar-refractivity contribution in [1.82, 2.24) is 0 Å². The lowest BCUT2D eigenvalue weighted by Crippen LogP contribution is -2.12. The molecule has 0 saturated carbocycles. The number of hydrogen-bond donors (Lipinski definition) is 0. The molecule has 13 aromatic rings. The van der Waals surface area contributed by atoms with Crippen LogP contribution in [0.3, 0.4) is 0 Å². The Hall–Kier alpha value is -10.1. The van der Waals surface area contributed by atoms with Crippen molar-refractivity contribution in [2.45, 2.75) is 445 Å². The summed E-state index contributed by atoms with van der Waals surface area (Å²) in [6, 6.07) is 113. The summed E-state index contributed by atoms with van der Waals surface area (Å²) in [4.78, 5) is 0. The van der Waals surface area contributed by atoms with E-state index in [1.165, 1.54) is 145 Å². The zero-order valence-corrected chi connectivity index (χ0v) is 105. The first-order valence-corrected chi connectivity index (χ1v) is 56.0. The third kappa shape index (κ3) is 60.1. The van der Waals surface area contributed by atoms with Crippen molar-refractivity contribution < 1.29 is 0 Å². The fourth-order valence-corrected chi connectivity index (χ4v) is 14.2. The van der Waals surface area contributed by atoms with Crippen LogP contribution < -0.4 is 0 Å². The molecule has 0 aliphatic heterocycles.